The van der Waals surface area contributed by atoms with Crippen molar-refractivity contribution < 1.29 is 14.7 Å². The van der Waals surface area contributed by atoms with Crippen LogP contribution in [-0.2, 0) is 9.59 Å². The van der Waals surface area contributed by atoms with Crippen molar-refractivity contribution in [1.82, 2.24) is 4.90 Å². The minimum atomic E-state index is -0.911. The van der Waals surface area contributed by atoms with E-state index in [0.29, 0.717) is 12.2 Å². The highest BCUT2D eigenvalue weighted by Crippen LogP contribution is 2.42. The Kier molecular flexibility index (Phi) is 4.52. The van der Waals surface area contributed by atoms with Gasteiger partial charge >= 0.3 is 5.97 Å². The Bertz CT molecular complexity index is 458. The Morgan fingerprint density at radius 1 is 1.58 bits per heavy atom. The molecule has 19 heavy (non-hydrogen) atoms. The summed E-state index contributed by atoms with van der Waals surface area (Å²) >= 11 is 3.08. The molecule has 1 amide bonds. The Hall–Kier alpha value is -1.01. The molecule has 0 unspecified atom stereocenters. The van der Waals surface area contributed by atoms with Crippen molar-refractivity contribution in [2.75, 3.05) is 5.75 Å². The van der Waals surface area contributed by atoms with Gasteiger partial charge in [0.1, 0.15) is 11.4 Å². The number of thioether (sulfide) groups is 1. The van der Waals surface area contributed by atoms with Crippen molar-refractivity contribution in [1.29, 1.82) is 0 Å². The number of hydrogen-bond acceptors (Lipinski definition) is 4. The number of aliphatic carboxylic acids is 1. The summed E-state index contributed by atoms with van der Waals surface area (Å²) in [7, 11) is 0. The normalized spacial score (nSPS) is 21.1. The van der Waals surface area contributed by atoms with Crippen LogP contribution in [0.2, 0.25) is 0 Å². The molecule has 2 rings (SSSR count). The molecule has 6 heteroatoms. The molecular weight excluding hydrogens is 282 g/mol. The third-order valence-electron chi connectivity index (χ3n) is 3.01. The number of rotatable bonds is 5. The highest BCUT2D eigenvalue weighted by atomic mass is 32.2. The Morgan fingerprint density at radius 2 is 2.32 bits per heavy atom. The average Bonchev–Trinajstić information content (AvgIpc) is 2.94. The van der Waals surface area contributed by atoms with Gasteiger partial charge in [-0.15, -0.1) is 23.1 Å². The summed E-state index contributed by atoms with van der Waals surface area (Å²) in [6.07, 6.45) is 0.490. The lowest BCUT2D eigenvalue weighted by atomic mass is 10.0. The summed E-state index contributed by atoms with van der Waals surface area (Å²) in [6, 6.07) is 3.16. The van der Waals surface area contributed by atoms with E-state index < -0.39 is 12.0 Å². The van der Waals surface area contributed by atoms with E-state index in [1.165, 1.54) is 11.8 Å². The first-order chi connectivity index (χ1) is 9.00. The summed E-state index contributed by atoms with van der Waals surface area (Å²) in [4.78, 5) is 26.1. The van der Waals surface area contributed by atoms with Gasteiger partial charge in [0, 0.05) is 4.88 Å². The molecule has 0 saturated carbocycles. The molecule has 2 atom stereocenters. The second kappa shape index (κ2) is 5.96. The lowest BCUT2D eigenvalue weighted by Crippen LogP contribution is -2.44. The molecule has 1 saturated heterocycles. The van der Waals surface area contributed by atoms with Crippen LogP contribution in [0.15, 0.2) is 17.5 Å². The van der Waals surface area contributed by atoms with Gasteiger partial charge in [0.25, 0.3) is 0 Å². The molecule has 4 nitrogen and oxygen atoms in total. The molecule has 1 aromatic heterocycles. The van der Waals surface area contributed by atoms with Gasteiger partial charge in [0.15, 0.2) is 0 Å². The molecule has 0 aliphatic carbocycles. The second-order valence-electron chi connectivity index (χ2n) is 4.96. The number of carbonyl (C=O) groups excluding carboxylic acids is 1. The maximum atomic E-state index is 12.1. The fraction of sp³-hybridized carbons (Fsp3) is 0.538. The smallest absolute Gasteiger partial charge is 0.326 e. The van der Waals surface area contributed by atoms with Gasteiger partial charge < -0.3 is 10.0 Å². The van der Waals surface area contributed by atoms with Gasteiger partial charge in [-0.2, -0.15) is 0 Å². The van der Waals surface area contributed by atoms with Crippen LogP contribution < -0.4 is 0 Å². The van der Waals surface area contributed by atoms with Crippen molar-refractivity contribution in [3.63, 3.8) is 0 Å². The van der Waals surface area contributed by atoms with Gasteiger partial charge in [-0.05, 0) is 23.8 Å². The minimum absolute atomic E-state index is 0.0727. The summed E-state index contributed by atoms with van der Waals surface area (Å²) in [5.41, 5.74) is 0. The van der Waals surface area contributed by atoms with Crippen molar-refractivity contribution in [3.8, 4) is 0 Å². The molecule has 1 N–H and O–H groups in total. The van der Waals surface area contributed by atoms with Gasteiger partial charge in [0.2, 0.25) is 5.91 Å². The molecule has 1 aliphatic heterocycles. The summed E-state index contributed by atoms with van der Waals surface area (Å²) in [5, 5.41) is 11.2. The van der Waals surface area contributed by atoms with Crippen LogP contribution in [-0.4, -0.2) is 33.7 Å². The van der Waals surface area contributed by atoms with Crippen molar-refractivity contribution in [2.45, 2.75) is 31.7 Å². The summed E-state index contributed by atoms with van der Waals surface area (Å²) in [5.74, 6) is -0.379. The van der Waals surface area contributed by atoms with Gasteiger partial charge in [0.05, 0.1) is 5.75 Å². The highest BCUT2D eigenvalue weighted by molar-refractivity contribution is 8.00. The maximum absolute atomic E-state index is 12.1. The van der Waals surface area contributed by atoms with Crippen LogP contribution in [0, 0.1) is 5.92 Å². The number of nitrogens with zero attached hydrogens (tertiary/aromatic N) is 1. The maximum Gasteiger partial charge on any atom is 0.326 e. The van der Waals surface area contributed by atoms with Gasteiger partial charge in [-0.1, -0.05) is 19.9 Å². The number of amides is 1. The number of carboxylic acid groups (broad SMARTS) is 1. The molecule has 0 bridgehead atoms. The van der Waals surface area contributed by atoms with Gasteiger partial charge in [-0.3, -0.25) is 4.79 Å². The molecule has 0 aromatic carbocycles. The Balaban J connectivity index is 2.26. The lowest BCUT2D eigenvalue weighted by Gasteiger charge is -2.30. The number of hydrogen-bond donors (Lipinski definition) is 1. The third-order valence-corrected chi connectivity index (χ3v) is 5.29. The predicted molar refractivity (Wildman–Crippen MR) is 77.2 cm³/mol. The lowest BCUT2D eigenvalue weighted by molar-refractivity contribution is -0.150. The number of thiophene rings is 1. The van der Waals surface area contributed by atoms with Gasteiger partial charge in [-0.25, -0.2) is 4.79 Å². The Labute approximate surface area is 120 Å². The SMILES string of the molecule is CC(C)C[C@H](C(=O)O)N1C(=O)CS[C@@H]1c1cccs1. The van der Waals surface area contributed by atoms with Crippen LogP contribution in [0.4, 0.5) is 0 Å². The van der Waals surface area contributed by atoms with Crippen molar-refractivity contribution in [2.24, 2.45) is 5.92 Å². The topological polar surface area (TPSA) is 57.6 Å². The molecule has 1 aromatic rings. The first-order valence-electron chi connectivity index (χ1n) is 6.19. The minimum Gasteiger partial charge on any atom is -0.480 e. The number of carbonyl (C=O) groups is 2. The van der Waals surface area contributed by atoms with E-state index in [1.807, 2.05) is 31.4 Å². The van der Waals surface area contributed by atoms with E-state index >= 15 is 0 Å². The molecule has 0 radical (unpaired) electrons. The zero-order valence-electron chi connectivity index (χ0n) is 10.9. The zero-order valence-corrected chi connectivity index (χ0v) is 12.5. The van der Waals surface area contributed by atoms with E-state index in [-0.39, 0.29) is 17.2 Å². The molecule has 104 valence electrons. The number of carboxylic acids is 1. The van der Waals surface area contributed by atoms with Crippen LogP contribution in [0.5, 0.6) is 0 Å². The third kappa shape index (κ3) is 3.12. The van der Waals surface area contributed by atoms with E-state index in [9.17, 15) is 14.7 Å². The van der Waals surface area contributed by atoms with Crippen LogP contribution in [0.3, 0.4) is 0 Å². The second-order valence-corrected chi connectivity index (χ2v) is 7.01. The first-order valence-corrected chi connectivity index (χ1v) is 8.12. The molecule has 1 fully saturated rings. The molecular formula is C13H17NO3S2. The quantitative estimate of drug-likeness (QED) is 0.908. The van der Waals surface area contributed by atoms with Crippen LogP contribution >= 0.6 is 23.1 Å². The summed E-state index contributed by atoms with van der Waals surface area (Å²) < 4.78 is 0. The average molecular weight is 299 g/mol. The zero-order chi connectivity index (χ0) is 14.0. The van der Waals surface area contributed by atoms with Crippen LogP contribution in [0.1, 0.15) is 30.5 Å². The van der Waals surface area contributed by atoms with E-state index in [1.54, 1.807) is 16.2 Å². The van der Waals surface area contributed by atoms with E-state index in [0.717, 1.165) is 4.88 Å². The monoisotopic (exact) mass is 299 g/mol. The summed E-state index contributed by atoms with van der Waals surface area (Å²) in [6.45, 7) is 3.95. The molecule has 2 heterocycles. The van der Waals surface area contributed by atoms with Crippen molar-refractivity contribution in [3.05, 3.63) is 22.4 Å². The fourth-order valence-electron chi connectivity index (χ4n) is 2.20. The molecule has 0 spiro atoms. The fourth-order valence-corrected chi connectivity index (χ4v) is 4.39. The molecule has 1 aliphatic rings. The largest absolute Gasteiger partial charge is 0.480 e. The first kappa shape index (κ1) is 14.4. The highest BCUT2D eigenvalue weighted by Gasteiger charge is 2.41. The standard InChI is InChI=1S/C13H17NO3S2/c1-8(2)6-9(13(16)17)14-11(15)7-19-12(14)10-4-3-5-18-10/h3-5,8-9,12H,6-7H2,1-2H3,(H,16,17)/t9-,12-/m1/s1. The predicted octanol–water partition coefficient (Wildman–Crippen LogP) is 2.82. The van der Waals surface area contributed by atoms with E-state index in [2.05, 4.69) is 0 Å². The van der Waals surface area contributed by atoms with Crippen molar-refractivity contribution >= 4 is 35.0 Å². The Morgan fingerprint density at radius 3 is 2.84 bits per heavy atom. The van der Waals surface area contributed by atoms with Crippen LogP contribution in [0.25, 0.3) is 0 Å². The van der Waals surface area contributed by atoms with E-state index in [4.69, 9.17) is 0 Å².